The quantitative estimate of drug-likeness (QED) is 0.166. The summed E-state index contributed by atoms with van der Waals surface area (Å²) in [7, 11) is 0. The van der Waals surface area contributed by atoms with Gasteiger partial charge in [-0.2, -0.15) is 4.98 Å². The lowest BCUT2D eigenvalue weighted by atomic mass is 10.2. The topological polar surface area (TPSA) is 72.5 Å². The maximum absolute atomic E-state index is 15.2. The summed E-state index contributed by atoms with van der Waals surface area (Å²) in [6.45, 7) is 9.43. The minimum atomic E-state index is -0.431. The monoisotopic (exact) mass is 713 g/mol. The molecular formula is C25H26FI2N7O. The maximum Gasteiger partial charge on any atom is 0.250 e. The highest BCUT2D eigenvalue weighted by molar-refractivity contribution is 14.2. The molecule has 1 aliphatic rings. The highest BCUT2D eigenvalue weighted by Gasteiger charge is 2.21. The van der Waals surface area contributed by atoms with Crippen LogP contribution in [0.2, 0.25) is 0 Å². The number of nitrogens with zero attached hydrogens (tertiary/aromatic N) is 5. The largest absolute Gasteiger partial charge is 0.434 e. The summed E-state index contributed by atoms with van der Waals surface area (Å²) >= 11 is 4.24. The Bertz CT molecular complexity index is 1350. The van der Waals surface area contributed by atoms with Gasteiger partial charge in [-0.1, -0.05) is 6.92 Å². The number of likely N-dealkylation sites (N-methyl/N-ethyl adjacent to an activating group) is 1. The first-order valence-corrected chi connectivity index (χ1v) is 13.6. The van der Waals surface area contributed by atoms with E-state index < -0.39 is 5.82 Å². The van der Waals surface area contributed by atoms with Crippen LogP contribution in [0.25, 0.3) is 10.9 Å². The van der Waals surface area contributed by atoms with Gasteiger partial charge in [0.1, 0.15) is 6.33 Å². The fourth-order valence-corrected chi connectivity index (χ4v) is 5.24. The Morgan fingerprint density at radius 2 is 1.83 bits per heavy atom. The van der Waals surface area contributed by atoms with Gasteiger partial charge in [0.15, 0.2) is 23.1 Å². The van der Waals surface area contributed by atoms with E-state index in [1.165, 1.54) is 12.0 Å². The van der Waals surface area contributed by atoms with Crippen molar-refractivity contribution in [1.29, 1.82) is 0 Å². The highest BCUT2D eigenvalue weighted by atomic mass is 127. The van der Waals surface area contributed by atoms with Crippen molar-refractivity contribution in [2.75, 3.05) is 44.3 Å². The van der Waals surface area contributed by atoms with Crippen molar-refractivity contribution in [3.05, 3.63) is 60.3 Å². The summed E-state index contributed by atoms with van der Waals surface area (Å²) in [5.41, 5.74) is 4.31. The number of anilines is 4. The van der Waals surface area contributed by atoms with Gasteiger partial charge in [0.25, 0.3) is 0 Å². The van der Waals surface area contributed by atoms with Crippen LogP contribution in [0.3, 0.4) is 0 Å². The van der Waals surface area contributed by atoms with Gasteiger partial charge in [-0.15, -0.1) is 0 Å². The standard InChI is InChI=1S/C25H26FI2N7O/c1-3-33-10-12-34(13-11-33)18-6-4-17(5-7-18)32-24-23(35(27)28)25(30-15-29-24)36-21-9-8-20-19(22(21)26)14-16(2)31-20/h4-9,14-15,31H,3,10-13H2,1-2H3,(H,29,30,32). The molecule has 11 heteroatoms. The smallest absolute Gasteiger partial charge is 0.250 e. The zero-order chi connectivity index (χ0) is 25.2. The molecule has 0 spiro atoms. The average molecular weight is 713 g/mol. The lowest BCUT2D eigenvalue weighted by Crippen LogP contribution is -2.46. The number of hydrogen-bond acceptors (Lipinski definition) is 7. The molecule has 188 valence electrons. The van der Waals surface area contributed by atoms with Gasteiger partial charge in [0.2, 0.25) is 5.88 Å². The van der Waals surface area contributed by atoms with Crippen molar-refractivity contribution in [2.45, 2.75) is 13.8 Å². The molecule has 0 unspecified atom stereocenters. The molecule has 1 aliphatic heterocycles. The minimum absolute atomic E-state index is 0.106. The molecule has 0 amide bonds. The zero-order valence-electron chi connectivity index (χ0n) is 19.9. The molecule has 0 atom stereocenters. The number of rotatable bonds is 7. The summed E-state index contributed by atoms with van der Waals surface area (Å²) in [6, 6.07) is 13.5. The number of halogens is 3. The zero-order valence-corrected chi connectivity index (χ0v) is 24.2. The number of hydrogen-bond donors (Lipinski definition) is 2. The fourth-order valence-electron chi connectivity index (χ4n) is 4.37. The average Bonchev–Trinajstić information content (AvgIpc) is 3.27. The molecule has 2 N–H and O–H groups in total. The normalized spacial score (nSPS) is 14.3. The van der Waals surface area contributed by atoms with Crippen molar-refractivity contribution in [3.8, 4) is 11.6 Å². The molecule has 1 fully saturated rings. The van der Waals surface area contributed by atoms with E-state index >= 15 is 4.39 Å². The molecule has 0 radical (unpaired) electrons. The van der Waals surface area contributed by atoms with Gasteiger partial charge in [-0.3, -0.25) is 0 Å². The number of aromatic amines is 1. The number of aryl methyl sites for hydroxylation is 1. The Labute approximate surface area is 237 Å². The fraction of sp³-hybridized carbons (Fsp3) is 0.280. The molecule has 4 aromatic rings. The van der Waals surface area contributed by atoms with Crippen LogP contribution >= 0.6 is 45.7 Å². The predicted octanol–water partition coefficient (Wildman–Crippen LogP) is 6.59. The van der Waals surface area contributed by atoms with Crippen LogP contribution in [0.1, 0.15) is 12.6 Å². The summed E-state index contributed by atoms with van der Waals surface area (Å²) in [4.78, 5) is 16.7. The van der Waals surface area contributed by atoms with E-state index in [2.05, 4.69) is 94.9 Å². The van der Waals surface area contributed by atoms with Crippen LogP contribution in [0.15, 0.2) is 48.8 Å². The van der Waals surface area contributed by atoms with E-state index in [1.54, 1.807) is 19.5 Å². The van der Waals surface area contributed by atoms with Crippen LogP contribution in [0.4, 0.5) is 27.3 Å². The third-order valence-electron chi connectivity index (χ3n) is 6.32. The first kappa shape index (κ1) is 25.3. The third kappa shape index (κ3) is 5.32. The SMILES string of the molecule is CCN1CCN(c2ccc(Nc3ncnc(Oc4ccc5[nH]c(C)cc5c4F)c3N(I)I)cc2)CC1. The van der Waals surface area contributed by atoms with Crippen LogP contribution in [-0.2, 0) is 0 Å². The predicted molar refractivity (Wildman–Crippen MR) is 160 cm³/mol. The van der Waals surface area contributed by atoms with Crippen molar-refractivity contribution in [2.24, 2.45) is 0 Å². The van der Waals surface area contributed by atoms with E-state index in [1.807, 2.05) is 19.1 Å². The second-order valence-electron chi connectivity index (χ2n) is 8.60. The number of ether oxygens (including phenoxy) is 1. The van der Waals surface area contributed by atoms with Crippen LogP contribution in [0.5, 0.6) is 11.6 Å². The number of benzene rings is 2. The molecule has 1 saturated heterocycles. The molecule has 3 heterocycles. The second kappa shape index (κ2) is 10.9. The van der Waals surface area contributed by atoms with Crippen LogP contribution in [0, 0.1) is 12.7 Å². The van der Waals surface area contributed by atoms with Crippen molar-refractivity contribution in [3.63, 3.8) is 0 Å². The summed E-state index contributed by atoms with van der Waals surface area (Å²) < 4.78 is 22.9. The Kier molecular flexibility index (Phi) is 7.67. The van der Waals surface area contributed by atoms with Crippen molar-refractivity contribution >= 4 is 79.5 Å². The Hall–Kier alpha value is -2.39. The molecule has 36 heavy (non-hydrogen) atoms. The molecule has 5 rings (SSSR count). The Balaban J connectivity index is 1.37. The first-order valence-electron chi connectivity index (χ1n) is 11.7. The Morgan fingerprint density at radius 3 is 2.53 bits per heavy atom. The van der Waals surface area contributed by atoms with E-state index in [9.17, 15) is 0 Å². The summed E-state index contributed by atoms with van der Waals surface area (Å²) in [5.74, 6) is 0.494. The van der Waals surface area contributed by atoms with Gasteiger partial charge in [-0.05, 0) is 55.9 Å². The number of H-pyrrole nitrogens is 1. The maximum atomic E-state index is 15.2. The molecular weight excluding hydrogens is 687 g/mol. The van der Waals surface area contributed by atoms with Crippen LogP contribution < -0.4 is 16.3 Å². The highest BCUT2D eigenvalue weighted by Crippen LogP contribution is 2.41. The van der Waals surface area contributed by atoms with Crippen molar-refractivity contribution < 1.29 is 9.13 Å². The number of piperazine rings is 1. The molecule has 2 aromatic heterocycles. The third-order valence-corrected chi connectivity index (χ3v) is 7.28. The number of aromatic nitrogens is 3. The van der Waals surface area contributed by atoms with Gasteiger partial charge in [0.05, 0.1) is 45.7 Å². The lowest BCUT2D eigenvalue weighted by Gasteiger charge is -2.35. The molecule has 0 saturated carbocycles. The van der Waals surface area contributed by atoms with Gasteiger partial charge in [0, 0.05) is 54.2 Å². The summed E-state index contributed by atoms with van der Waals surface area (Å²) in [6.07, 6.45) is 1.41. The Morgan fingerprint density at radius 1 is 1.08 bits per heavy atom. The molecule has 2 aromatic carbocycles. The molecule has 0 aliphatic carbocycles. The van der Waals surface area contributed by atoms with E-state index in [0.717, 1.165) is 49.6 Å². The lowest BCUT2D eigenvalue weighted by molar-refractivity contribution is 0.271. The molecule has 0 bridgehead atoms. The van der Waals surface area contributed by atoms with E-state index in [4.69, 9.17) is 4.74 Å². The first-order chi connectivity index (χ1) is 17.4. The second-order valence-corrected chi connectivity index (χ2v) is 12.4. The van der Waals surface area contributed by atoms with Gasteiger partial charge < -0.3 is 24.8 Å². The van der Waals surface area contributed by atoms with E-state index in [0.29, 0.717) is 16.9 Å². The van der Waals surface area contributed by atoms with Crippen LogP contribution in [-0.4, -0.2) is 52.6 Å². The summed E-state index contributed by atoms with van der Waals surface area (Å²) in [5, 5.41) is 3.85. The minimum Gasteiger partial charge on any atom is -0.434 e. The van der Waals surface area contributed by atoms with Gasteiger partial charge >= 0.3 is 0 Å². The van der Waals surface area contributed by atoms with E-state index in [-0.39, 0.29) is 11.6 Å². The number of fused-ring (bicyclic) bond motifs is 1. The molecule has 8 nitrogen and oxygen atoms in total. The van der Waals surface area contributed by atoms with Crippen molar-refractivity contribution in [1.82, 2.24) is 19.9 Å². The number of nitrogens with one attached hydrogen (secondary N) is 2. The van der Waals surface area contributed by atoms with Gasteiger partial charge in [-0.25, -0.2) is 10.7 Å².